The molecule has 0 unspecified atom stereocenters. The van der Waals surface area contributed by atoms with Gasteiger partial charge in [0.15, 0.2) is 0 Å². The summed E-state index contributed by atoms with van der Waals surface area (Å²) in [6.07, 6.45) is 6.31. The molecule has 1 aromatic heterocycles. The molecule has 19 heavy (non-hydrogen) atoms. The third kappa shape index (κ3) is 2.62. The maximum atomic E-state index is 6.09. The molecule has 1 saturated carbocycles. The van der Waals surface area contributed by atoms with E-state index in [1.807, 2.05) is 24.0 Å². The second-order valence-corrected chi connectivity index (χ2v) is 6.14. The van der Waals surface area contributed by atoms with Gasteiger partial charge in [0.25, 0.3) is 0 Å². The van der Waals surface area contributed by atoms with Gasteiger partial charge in [-0.1, -0.05) is 0 Å². The van der Waals surface area contributed by atoms with Crippen LogP contribution in [0.4, 0.5) is 0 Å². The van der Waals surface area contributed by atoms with E-state index < -0.39 is 0 Å². The standard InChI is InChI=1S/C14H18BrN3O/c1-18-8-17-14-12(15)6-11(7-13(14)18)19-10-4-2-9(16)3-5-10/h6-10H,2-5,16H2,1H3/t9-,10+. The molecule has 2 N–H and O–H groups in total. The van der Waals surface area contributed by atoms with Gasteiger partial charge in [0.2, 0.25) is 0 Å². The van der Waals surface area contributed by atoms with E-state index in [0.29, 0.717) is 6.04 Å². The van der Waals surface area contributed by atoms with Crippen molar-refractivity contribution in [2.24, 2.45) is 12.8 Å². The van der Waals surface area contributed by atoms with E-state index in [0.717, 1.165) is 46.9 Å². The summed E-state index contributed by atoms with van der Waals surface area (Å²) in [7, 11) is 1.99. The lowest BCUT2D eigenvalue weighted by atomic mass is 9.94. The molecule has 1 aliphatic carbocycles. The smallest absolute Gasteiger partial charge is 0.123 e. The molecule has 5 heteroatoms. The van der Waals surface area contributed by atoms with Crippen molar-refractivity contribution in [1.29, 1.82) is 0 Å². The summed E-state index contributed by atoms with van der Waals surface area (Å²) in [6.45, 7) is 0. The fraction of sp³-hybridized carbons (Fsp3) is 0.500. The third-order valence-corrected chi connectivity index (χ3v) is 4.38. The summed E-state index contributed by atoms with van der Waals surface area (Å²) in [5.41, 5.74) is 7.97. The van der Waals surface area contributed by atoms with Crippen LogP contribution in [-0.2, 0) is 7.05 Å². The van der Waals surface area contributed by atoms with Crippen molar-refractivity contribution >= 4 is 27.0 Å². The monoisotopic (exact) mass is 323 g/mol. The number of fused-ring (bicyclic) bond motifs is 1. The van der Waals surface area contributed by atoms with Gasteiger partial charge in [0, 0.05) is 23.6 Å². The van der Waals surface area contributed by atoms with Crippen LogP contribution in [0, 0.1) is 0 Å². The molecule has 2 aromatic rings. The summed E-state index contributed by atoms with van der Waals surface area (Å²) < 4.78 is 9.07. The number of nitrogens with two attached hydrogens (primary N) is 1. The molecule has 0 atom stereocenters. The number of halogens is 1. The maximum Gasteiger partial charge on any atom is 0.123 e. The molecule has 4 nitrogen and oxygen atoms in total. The van der Waals surface area contributed by atoms with Gasteiger partial charge in [-0.25, -0.2) is 4.98 Å². The second-order valence-electron chi connectivity index (χ2n) is 5.28. The molecule has 102 valence electrons. The first kappa shape index (κ1) is 12.9. The Bertz CT molecular complexity index is 588. The summed E-state index contributed by atoms with van der Waals surface area (Å²) in [5.74, 6) is 0.906. The Kier molecular flexibility index (Phi) is 3.50. The van der Waals surface area contributed by atoms with E-state index in [4.69, 9.17) is 10.5 Å². The highest BCUT2D eigenvalue weighted by atomic mass is 79.9. The molecule has 1 aliphatic rings. The molecule has 0 amide bonds. The van der Waals surface area contributed by atoms with Crippen LogP contribution in [0.2, 0.25) is 0 Å². The molecular formula is C14H18BrN3O. The molecule has 1 aromatic carbocycles. The molecule has 3 rings (SSSR count). The zero-order valence-corrected chi connectivity index (χ0v) is 12.6. The summed E-state index contributed by atoms with van der Waals surface area (Å²) in [5, 5.41) is 0. The lowest BCUT2D eigenvalue weighted by Gasteiger charge is -2.26. The van der Waals surface area contributed by atoms with Crippen molar-refractivity contribution in [3.63, 3.8) is 0 Å². The average molecular weight is 324 g/mol. The van der Waals surface area contributed by atoms with Crippen LogP contribution in [0.15, 0.2) is 22.9 Å². The number of hydrogen-bond donors (Lipinski definition) is 1. The Labute approximate surface area is 121 Å². The molecule has 0 saturated heterocycles. The predicted molar refractivity (Wildman–Crippen MR) is 79.3 cm³/mol. The number of ether oxygens (including phenoxy) is 1. The van der Waals surface area contributed by atoms with Crippen LogP contribution in [0.25, 0.3) is 11.0 Å². The van der Waals surface area contributed by atoms with Gasteiger partial charge < -0.3 is 15.0 Å². The van der Waals surface area contributed by atoms with Crippen LogP contribution < -0.4 is 10.5 Å². The lowest BCUT2D eigenvalue weighted by molar-refractivity contribution is 0.147. The maximum absolute atomic E-state index is 6.09. The first-order chi connectivity index (χ1) is 9.13. The largest absolute Gasteiger partial charge is 0.490 e. The van der Waals surface area contributed by atoms with Crippen molar-refractivity contribution in [1.82, 2.24) is 9.55 Å². The number of benzene rings is 1. The molecule has 0 spiro atoms. The Morgan fingerprint density at radius 2 is 2.05 bits per heavy atom. The van der Waals surface area contributed by atoms with Crippen molar-refractivity contribution in [3.8, 4) is 5.75 Å². The van der Waals surface area contributed by atoms with Gasteiger partial charge >= 0.3 is 0 Å². The normalized spacial score (nSPS) is 23.7. The van der Waals surface area contributed by atoms with Crippen molar-refractivity contribution < 1.29 is 4.74 Å². The highest BCUT2D eigenvalue weighted by Crippen LogP contribution is 2.30. The van der Waals surface area contributed by atoms with Gasteiger partial charge in [-0.3, -0.25) is 0 Å². The molecule has 0 radical (unpaired) electrons. The van der Waals surface area contributed by atoms with E-state index >= 15 is 0 Å². The minimum atomic E-state index is 0.289. The van der Waals surface area contributed by atoms with Crippen LogP contribution in [0.1, 0.15) is 25.7 Å². The van der Waals surface area contributed by atoms with Crippen LogP contribution in [0.3, 0.4) is 0 Å². The van der Waals surface area contributed by atoms with E-state index in [1.54, 1.807) is 0 Å². The number of aryl methyl sites for hydroxylation is 1. The second kappa shape index (κ2) is 5.13. The van der Waals surface area contributed by atoms with Crippen molar-refractivity contribution in [2.75, 3.05) is 0 Å². The quantitative estimate of drug-likeness (QED) is 0.924. The van der Waals surface area contributed by atoms with Gasteiger partial charge in [-0.05, 0) is 47.7 Å². The summed E-state index contributed by atoms with van der Waals surface area (Å²) in [4.78, 5) is 4.36. The number of hydrogen-bond acceptors (Lipinski definition) is 3. The van der Waals surface area contributed by atoms with Gasteiger partial charge in [0.1, 0.15) is 11.3 Å². The first-order valence-corrected chi connectivity index (χ1v) is 7.45. The van der Waals surface area contributed by atoms with E-state index in [-0.39, 0.29) is 6.10 Å². The molecular weight excluding hydrogens is 306 g/mol. The Morgan fingerprint density at radius 1 is 1.32 bits per heavy atom. The average Bonchev–Trinajstić information content (AvgIpc) is 2.75. The topological polar surface area (TPSA) is 53.1 Å². The van der Waals surface area contributed by atoms with Crippen molar-refractivity contribution in [2.45, 2.75) is 37.8 Å². The van der Waals surface area contributed by atoms with Crippen LogP contribution in [-0.4, -0.2) is 21.7 Å². The predicted octanol–water partition coefficient (Wildman–Crippen LogP) is 2.98. The summed E-state index contributed by atoms with van der Waals surface area (Å²) >= 11 is 3.56. The zero-order valence-electron chi connectivity index (χ0n) is 11.0. The third-order valence-electron chi connectivity index (χ3n) is 3.78. The van der Waals surface area contributed by atoms with Gasteiger partial charge in [0.05, 0.1) is 17.9 Å². The van der Waals surface area contributed by atoms with Crippen LogP contribution >= 0.6 is 15.9 Å². The highest BCUT2D eigenvalue weighted by molar-refractivity contribution is 9.10. The molecule has 0 aliphatic heterocycles. The Balaban J connectivity index is 1.83. The number of imidazole rings is 1. The minimum absolute atomic E-state index is 0.289. The molecule has 1 heterocycles. The first-order valence-electron chi connectivity index (χ1n) is 6.66. The van der Waals surface area contributed by atoms with E-state index in [9.17, 15) is 0 Å². The number of rotatable bonds is 2. The van der Waals surface area contributed by atoms with E-state index in [1.165, 1.54) is 0 Å². The number of nitrogens with zero attached hydrogens (tertiary/aromatic N) is 2. The SMILES string of the molecule is Cn1cnc2c(Br)cc(O[C@H]3CC[C@@H](N)CC3)cc21. The van der Waals surface area contributed by atoms with E-state index in [2.05, 4.69) is 27.0 Å². The summed E-state index contributed by atoms with van der Waals surface area (Å²) in [6, 6.07) is 4.41. The molecule has 0 bridgehead atoms. The van der Waals surface area contributed by atoms with Crippen LogP contribution in [0.5, 0.6) is 5.75 Å². The Hall–Kier alpha value is -1.07. The fourth-order valence-corrected chi connectivity index (χ4v) is 3.16. The Morgan fingerprint density at radius 3 is 2.79 bits per heavy atom. The fourth-order valence-electron chi connectivity index (χ4n) is 2.63. The number of aromatic nitrogens is 2. The minimum Gasteiger partial charge on any atom is -0.490 e. The van der Waals surface area contributed by atoms with Gasteiger partial charge in [-0.2, -0.15) is 0 Å². The van der Waals surface area contributed by atoms with Crippen molar-refractivity contribution in [3.05, 3.63) is 22.9 Å². The lowest BCUT2D eigenvalue weighted by Crippen LogP contribution is -2.31. The molecule has 1 fully saturated rings. The highest BCUT2D eigenvalue weighted by Gasteiger charge is 2.20. The zero-order chi connectivity index (χ0) is 13.4. The van der Waals surface area contributed by atoms with Gasteiger partial charge in [-0.15, -0.1) is 0 Å².